The zero-order valence-electron chi connectivity index (χ0n) is 22.9. The summed E-state index contributed by atoms with van der Waals surface area (Å²) in [6.45, 7) is 4.77. The highest BCUT2D eigenvalue weighted by molar-refractivity contribution is 6.30. The molecule has 4 aromatic rings. The number of hydrogen-bond acceptors (Lipinski definition) is 7. The standard InChI is InChI=1S/C29H32ClN5O5/c1-17(2)14-19-9-11-23-24(12-13-34-32-26(31-33-34)16-27(36)37)40-28(20-6-5-7-25(38-3)29(20)39-4)21-15-18(30)8-10-22(21)35(19)23/h5-11,15,17,24,28H,12-14,16H2,1-4H3,(H,36,37)/t24-,28-/m0/s1. The van der Waals surface area contributed by atoms with Crippen molar-refractivity contribution in [2.75, 3.05) is 14.2 Å². The molecule has 1 N–H and O–H groups in total. The lowest BCUT2D eigenvalue weighted by atomic mass is 9.98. The van der Waals surface area contributed by atoms with Gasteiger partial charge in [-0.05, 0) is 54.0 Å². The second-order valence-corrected chi connectivity index (χ2v) is 10.6. The van der Waals surface area contributed by atoms with Crippen molar-refractivity contribution in [1.29, 1.82) is 0 Å². The lowest BCUT2D eigenvalue weighted by Crippen LogP contribution is -2.15. The van der Waals surface area contributed by atoms with E-state index in [2.05, 4.69) is 46.0 Å². The second-order valence-electron chi connectivity index (χ2n) is 10.1. The van der Waals surface area contributed by atoms with Gasteiger partial charge in [0, 0.05) is 28.3 Å². The molecule has 0 spiro atoms. The molecule has 0 bridgehead atoms. The van der Waals surface area contributed by atoms with Crippen LogP contribution < -0.4 is 9.47 Å². The number of aliphatic carboxylic acids is 1. The van der Waals surface area contributed by atoms with Crippen molar-refractivity contribution in [2.24, 2.45) is 5.92 Å². The number of hydrogen-bond donors (Lipinski definition) is 1. The van der Waals surface area contributed by atoms with Crippen molar-refractivity contribution in [2.45, 2.75) is 51.9 Å². The average Bonchev–Trinajstić information content (AvgIpc) is 3.51. The Kier molecular flexibility index (Phi) is 8.09. The molecule has 2 atom stereocenters. The van der Waals surface area contributed by atoms with Crippen LogP contribution in [0.2, 0.25) is 5.02 Å². The molecular weight excluding hydrogens is 534 g/mol. The van der Waals surface area contributed by atoms with Gasteiger partial charge in [0.25, 0.3) is 0 Å². The zero-order valence-corrected chi connectivity index (χ0v) is 23.6. The molecule has 5 rings (SSSR count). The van der Waals surface area contributed by atoms with Crippen molar-refractivity contribution < 1.29 is 24.1 Å². The fraction of sp³-hybridized carbons (Fsp3) is 0.379. The Balaban J connectivity index is 1.62. The highest BCUT2D eigenvalue weighted by Crippen LogP contribution is 2.47. The van der Waals surface area contributed by atoms with Crippen LogP contribution in [0.5, 0.6) is 11.5 Å². The van der Waals surface area contributed by atoms with Gasteiger partial charge in [0.1, 0.15) is 18.6 Å². The highest BCUT2D eigenvalue weighted by atomic mass is 35.5. The predicted octanol–water partition coefficient (Wildman–Crippen LogP) is 5.21. The van der Waals surface area contributed by atoms with E-state index in [9.17, 15) is 4.79 Å². The monoisotopic (exact) mass is 565 g/mol. The van der Waals surface area contributed by atoms with Gasteiger partial charge < -0.3 is 23.9 Å². The molecule has 0 amide bonds. The van der Waals surface area contributed by atoms with E-state index in [-0.39, 0.29) is 18.3 Å². The number of carboxylic acids is 1. The van der Waals surface area contributed by atoms with Crippen molar-refractivity contribution in [3.63, 3.8) is 0 Å². The van der Waals surface area contributed by atoms with Gasteiger partial charge in [0.2, 0.25) is 0 Å². The molecule has 2 aromatic heterocycles. The first-order chi connectivity index (χ1) is 19.3. The van der Waals surface area contributed by atoms with E-state index in [1.54, 1.807) is 14.2 Å². The topological polar surface area (TPSA) is 114 Å². The fourth-order valence-corrected chi connectivity index (χ4v) is 5.43. The number of aryl methyl sites for hydroxylation is 1. The summed E-state index contributed by atoms with van der Waals surface area (Å²) in [5, 5.41) is 21.8. The summed E-state index contributed by atoms with van der Waals surface area (Å²) in [5.41, 5.74) is 4.87. The van der Waals surface area contributed by atoms with Crippen molar-refractivity contribution >= 4 is 17.6 Å². The van der Waals surface area contributed by atoms with Crippen LogP contribution in [0, 0.1) is 5.92 Å². The SMILES string of the molecule is COc1cccc([C@@H]2O[C@@H](CCn3nnc(CC(=O)O)n3)c3ccc(CC(C)C)n3-c3ccc(Cl)cc32)c1OC. The second kappa shape index (κ2) is 11.7. The normalized spacial score (nSPS) is 16.4. The van der Waals surface area contributed by atoms with Gasteiger partial charge in [-0.1, -0.05) is 37.6 Å². The van der Waals surface area contributed by atoms with Crippen molar-refractivity contribution in [3.05, 3.63) is 81.9 Å². The van der Waals surface area contributed by atoms with E-state index in [0.717, 1.165) is 28.9 Å². The summed E-state index contributed by atoms with van der Waals surface area (Å²) in [6.07, 6.45) is 0.211. The summed E-state index contributed by atoms with van der Waals surface area (Å²) in [6, 6.07) is 15.9. The maximum atomic E-state index is 11.1. The molecular formula is C29H32ClN5O5. The Bertz CT molecular complexity index is 1510. The van der Waals surface area contributed by atoms with Gasteiger partial charge in [0.05, 0.1) is 32.1 Å². The number of nitrogens with zero attached hydrogens (tertiary/aromatic N) is 5. The van der Waals surface area contributed by atoms with Gasteiger partial charge in [-0.25, -0.2) is 0 Å². The van der Waals surface area contributed by atoms with Crippen molar-refractivity contribution in [1.82, 2.24) is 24.8 Å². The Morgan fingerprint density at radius 1 is 1.12 bits per heavy atom. The van der Waals surface area contributed by atoms with Gasteiger partial charge in [-0.3, -0.25) is 4.79 Å². The smallest absolute Gasteiger partial charge is 0.311 e. The molecule has 0 radical (unpaired) electrons. The number of carbonyl (C=O) groups is 1. The van der Waals surface area contributed by atoms with Crippen molar-refractivity contribution in [3.8, 4) is 17.2 Å². The minimum Gasteiger partial charge on any atom is -0.493 e. The number of methoxy groups -OCH3 is 2. The molecule has 10 nitrogen and oxygen atoms in total. The number of ether oxygens (including phenoxy) is 3. The third-order valence-corrected chi connectivity index (χ3v) is 7.10. The summed E-state index contributed by atoms with van der Waals surface area (Å²) >= 11 is 6.57. The van der Waals surface area contributed by atoms with Crippen LogP contribution in [0.15, 0.2) is 48.5 Å². The minimum atomic E-state index is -1.01. The predicted molar refractivity (Wildman–Crippen MR) is 148 cm³/mol. The first-order valence-corrected chi connectivity index (χ1v) is 13.5. The van der Waals surface area contributed by atoms with Crippen LogP contribution >= 0.6 is 11.6 Å². The lowest BCUT2D eigenvalue weighted by Gasteiger charge is -2.25. The molecule has 11 heteroatoms. The fourth-order valence-electron chi connectivity index (χ4n) is 5.25. The lowest BCUT2D eigenvalue weighted by molar-refractivity contribution is -0.136. The number of rotatable bonds is 10. The van der Waals surface area contributed by atoms with E-state index < -0.39 is 12.1 Å². The van der Waals surface area contributed by atoms with Crippen LogP contribution in [0.25, 0.3) is 5.69 Å². The maximum absolute atomic E-state index is 11.1. The van der Waals surface area contributed by atoms with E-state index in [4.69, 9.17) is 30.9 Å². The summed E-state index contributed by atoms with van der Waals surface area (Å²) < 4.78 is 20.6. The largest absolute Gasteiger partial charge is 0.493 e. The number of fused-ring (bicyclic) bond motifs is 3. The van der Waals surface area contributed by atoms with E-state index in [1.165, 1.54) is 10.5 Å². The molecule has 0 saturated heterocycles. The number of halogens is 1. The van der Waals surface area contributed by atoms with Crippen LogP contribution in [-0.2, 0) is 28.9 Å². The van der Waals surface area contributed by atoms with Crippen LogP contribution in [-0.4, -0.2) is 50.1 Å². The molecule has 3 heterocycles. The first kappa shape index (κ1) is 27.7. The molecule has 0 aliphatic carbocycles. The van der Waals surface area contributed by atoms with Crippen LogP contribution in [0.4, 0.5) is 0 Å². The maximum Gasteiger partial charge on any atom is 0.311 e. The third-order valence-electron chi connectivity index (χ3n) is 6.86. The third kappa shape index (κ3) is 5.55. The molecule has 0 saturated carbocycles. The number of carboxylic acid groups (broad SMARTS) is 1. The number of para-hydroxylation sites is 1. The van der Waals surface area contributed by atoms with Gasteiger partial charge in [-0.15, -0.1) is 10.2 Å². The Labute approximate surface area is 237 Å². The van der Waals surface area contributed by atoms with E-state index in [0.29, 0.717) is 35.4 Å². The molecule has 1 aliphatic heterocycles. The van der Waals surface area contributed by atoms with Gasteiger partial charge >= 0.3 is 5.97 Å². The Morgan fingerprint density at radius 2 is 1.95 bits per heavy atom. The molecule has 210 valence electrons. The summed E-state index contributed by atoms with van der Waals surface area (Å²) in [4.78, 5) is 12.5. The summed E-state index contributed by atoms with van der Waals surface area (Å²) in [5.74, 6) is 0.793. The molecule has 0 fully saturated rings. The number of tetrazole rings is 1. The average molecular weight is 566 g/mol. The van der Waals surface area contributed by atoms with E-state index in [1.807, 2.05) is 36.4 Å². The molecule has 2 aromatic carbocycles. The molecule has 1 aliphatic rings. The number of aromatic nitrogens is 5. The molecule has 40 heavy (non-hydrogen) atoms. The number of benzene rings is 2. The Hall–Kier alpha value is -3.89. The first-order valence-electron chi connectivity index (χ1n) is 13.1. The van der Waals surface area contributed by atoms with Crippen LogP contribution in [0.3, 0.4) is 0 Å². The van der Waals surface area contributed by atoms with Gasteiger partial charge in [-0.2, -0.15) is 4.80 Å². The quantitative estimate of drug-likeness (QED) is 0.279. The summed E-state index contributed by atoms with van der Waals surface area (Å²) in [7, 11) is 3.22. The highest BCUT2D eigenvalue weighted by Gasteiger charge is 2.34. The Morgan fingerprint density at radius 3 is 2.67 bits per heavy atom. The van der Waals surface area contributed by atoms with Crippen LogP contribution in [0.1, 0.15) is 60.8 Å². The molecule has 0 unspecified atom stereocenters. The van der Waals surface area contributed by atoms with E-state index >= 15 is 0 Å². The van der Waals surface area contributed by atoms with Gasteiger partial charge in [0.15, 0.2) is 17.3 Å². The zero-order chi connectivity index (χ0) is 28.4. The minimum absolute atomic E-state index is 0.165.